The van der Waals surface area contributed by atoms with E-state index in [1.165, 1.54) is 18.3 Å². The Kier molecular flexibility index (Phi) is 7.82. The van der Waals surface area contributed by atoms with Gasteiger partial charge in [0.2, 0.25) is 5.91 Å². The maximum atomic E-state index is 11.5. The minimum absolute atomic E-state index is 0.175. The number of nitrogens with one attached hydrogen (secondary N) is 4. The molecule has 0 saturated carbocycles. The van der Waals surface area contributed by atoms with E-state index in [1.54, 1.807) is 12.1 Å². The van der Waals surface area contributed by atoms with Crippen molar-refractivity contribution in [3.63, 3.8) is 0 Å². The Labute approximate surface area is 193 Å². The monoisotopic (exact) mass is 469 g/mol. The Bertz CT molecular complexity index is 1100. The van der Waals surface area contributed by atoms with E-state index in [2.05, 4.69) is 15.6 Å². The minimum atomic E-state index is -1.37. The number of hydrogen-bond acceptors (Lipinski definition) is 6. The smallest absolute Gasteiger partial charge is 0.407 e. The lowest BCUT2D eigenvalue weighted by Gasteiger charge is -2.19. The van der Waals surface area contributed by atoms with E-state index < -0.39 is 18.5 Å². The van der Waals surface area contributed by atoms with Crippen LogP contribution in [0.15, 0.2) is 54.6 Å². The number of carbonyl (C=O) groups is 3. The molecule has 10 nitrogen and oxygen atoms in total. The van der Waals surface area contributed by atoms with Gasteiger partial charge in [-0.2, -0.15) is 0 Å². The summed E-state index contributed by atoms with van der Waals surface area (Å²) in [5.41, 5.74) is 3.47. The van der Waals surface area contributed by atoms with Gasteiger partial charge in [-0.25, -0.2) is 14.6 Å². The zero-order valence-corrected chi connectivity index (χ0v) is 18.5. The van der Waals surface area contributed by atoms with Crippen molar-refractivity contribution in [3.8, 4) is 10.4 Å². The summed E-state index contributed by atoms with van der Waals surface area (Å²) in [4.78, 5) is 38.7. The molecule has 0 fully saturated rings. The predicted octanol–water partition coefficient (Wildman–Crippen LogP) is 3.78. The standard InChI is InChI=1S/C22H23N5O5S/c1-13(28)23-20-25-17(18(33-20)15-5-3-2-4-6-15)12-9-14-7-10-16(11-8-14)24-19(26-21(29)30)27-22(31)32/h2-8,10-11,19,24,26-27H,9,12H2,1H3,(H,29,30)(H,31,32)(H,23,25,28). The molecule has 11 heteroatoms. The van der Waals surface area contributed by atoms with Crippen LogP contribution in [0.4, 0.5) is 20.4 Å². The summed E-state index contributed by atoms with van der Waals surface area (Å²) in [6, 6.07) is 17.0. The fourth-order valence-corrected chi connectivity index (χ4v) is 4.16. The molecule has 1 heterocycles. The molecule has 2 aromatic carbocycles. The van der Waals surface area contributed by atoms with Gasteiger partial charge in [0.05, 0.1) is 10.6 Å². The SMILES string of the molecule is CC(=O)Nc1nc(CCc2ccc(NC(NC(=O)O)NC(=O)O)cc2)c(-c2ccccc2)s1. The van der Waals surface area contributed by atoms with Gasteiger partial charge in [-0.15, -0.1) is 0 Å². The van der Waals surface area contributed by atoms with Crippen molar-refractivity contribution < 1.29 is 24.6 Å². The first-order chi connectivity index (χ1) is 15.8. The Morgan fingerprint density at radius 1 is 0.939 bits per heavy atom. The van der Waals surface area contributed by atoms with Crippen molar-refractivity contribution in [3.05, 3.63) is 65.9 Å². The Hall–Kier alpha value is -4.12. The number of thiazole rings is 1. The molecule has 172 valence electrons. The van der Waals surface area contributed by atoms with E-state index in [9.17, 15) is 14.4 Å². The van der Waals surface area contributed by atoms with Crippen LogP contribution in [0.2, 0.25) is 0 Å². The molecule has 3 amide bonds. The molecule has 0 aliphatic carbocycles. The summed E-state index contributed by atoms with van der Waals surface area (Å²) in [5, 5.41) is 27.8. The second-order valence-electron chi connectivity index (χ2n) is 7.02. The molecule has 33 heavy (non-hydrogen) atoms. The van der Waals surface area contributed by atoms with Gasteiger partial charge in [-0.05, 0) is 36.1 Å². The van der Waals surface area contributed by atoms with Gasteiger partial charge < -0.3 is 20.8 Å². The molecule has 3 rings (SSSR count). The third-order valence-electron chi connectivity index (χ3n) is 4.47. The summed E-state index contributed by atoms with van der Waals surface area (Å²) in [7, 11) is 0. The number of anilines is 2. The number of carbonyl (C=O) groups excluding carboxylic acids is 1. The molecule has 0 aliphatic heterocycles. The van der Waals surface area contributed by atoms with E-state index in [1.807, 2.05) is 53.1 Å². The molecule has 1 aromatic heterocycles. The van der Waals surface area contributed by atoms with E-state index in [-0.39, 0.29) is 5.91 Å². The van der Waals surface area contributed by atoms with Gasteiger partial charge in [-0.1, -0.05) is 53.8 Å². The first-order valence-corrected chi connectivity index (χ1v) is 10.8. The third kappa shape index (κ3) is 7.21. The Balaban J connectivity index is 1.69. The van der Waals surface area contributed by atoms with Gasteiger partial charge in [0.25, 0.3) is 0 Å². The maximum Gasteiger partial charge on any atom is 0.407 e. The van der Waals surface area contributed by atoms with Crippen LogP contribution in [0.5, 0.6) is 0 Å². The predicted molar refractivity (Wildman–Crippen MR) is 125 cm³/mol. The molecule has 0 radical (unpaired) electrons. The summed E-state index contributed by atoms with van der Waals surface area (Å²) < 4.78 is 0. The fraction of sp³-hybridized carbons (Fsp3) is 0.182. The topological polar surface area (TPSA) is 153 Å². The van der Waals surface area contributed by atoms with Gasteiger partial charge in [0.1, 0.15) is 0 Å². The normalized spacial score (nSPS) is 10.5. The summed E-state index contributed by atoms with van der Waals surface area (Å²) in [6.45, 7) is 1.45. The Morgan fingerprint density at radius 3 is 2.15 bits per heavy atom. The summed E-state index contributed by atoms with van der Waals surface area (Å²) in [5.74, 6) is -0.175. The molecule has 0 saturated heterocycles. The highest BCUT2D eigenvalue weighted by molar-refractivity contribution is 7.19. The quantitative estimate of drug-likeness (QED) is 0.261. The summed E-state index contributed by atoms with van der Waals surface area (Å²) in [6.07, 6.45) is -2.59. The number of benzene rings is 2. The molecule has 3 aromatic rings. The molecule has 0 aliphatic rings. The van der Waals surface area contributed by atoms with Crippen LogP contribution in [0.3, 0.4) is 0 Å². The van der Waals surface area contributed by atoms with Crippen molar-refractivity contribution in [2.45, 2.75) is 26.1 Å². The van der Waals surface area contributed by atoms with Crippen LogP contribution in [0, 0.1) is 0 Å². The zero-order chi connectivity index (χ0) is 23.8. The minimum Gasteiger partial charge on any atom is -0.465 e. The highest BCUT2D eigenvalue weighted by Gasteiger charge is 2.15. The number of nitrogens with zero attached hydrogens (tertiary/aromatic N) is 1. The average molecular weight is 470 g/mol. The second-order valence-corrected chi connectivity index (χ2v) is 8.01. The Morgan fingerprint density at radius 2 is 1.58 bits per heavy atom. The van der Waals surface area contributed by atoms with Gasteiger partial charge in [0.15, 0.2) is 11.4 Å². The number of aryl methyl sites for hydroxylation is 2. The molecule has 0 unspecified atom stereocenters. The highest BCUT2D eigenvalue weighted by atomic mass is 32.1. The first kappa shape index (κ1) is 23.5. The number of amides is 3. The van der Waals surface area contributed by atoms with Crippen LogP contribution in [0.25, 0.3) is 10.4 Å². The molecular formula is C22H23N5O5S. The number of carboxylic acid groups (broad SMARTS) is 2. The van der Waals surface area contributed by atoms with Crippen molar-refractivity contribution in [2.75, 3.05) is 10.6 Å². The summed E-state index contributed by atoms with van der Waals surface area (Å²) >= 11 is 1.43. The first-order valence-electron chi connectivity index (χ1n) is 9.97. The van der Waals surface area contributed by atoms with Crippen LogP contribution in [-0.2, 0) is 17.6 Å². The number of hydrogen-bond donors (Lipinski definition) is 6. The maximum absolute atomic E-state index is 11.5. The van der Waals surface area contributed by atoms with E-state index in [0.717, 1.165) is 21.7 Å². The lowest BCUT2D eigenvalue weighted by molar-refractivity contribution is -0.114. The molecule has 6 N–H and O–H groups in total. The van der Waals surface area contributed by atoms with Crippen LogP contribution in [-0.4, -0.2) is 39.6 Å². The van der Waals surface area contributed by atoms with Crippen LogP contribution in [0.1, 0.15) is 18.2 Å². The van der Waals surface area contributed by atoms with Crippen LogP contribution < -0.4 is 21.3 Å². The van der Waals surface area contributed by atoms with Gasteiger partial charge >= 0.3 is 12.2 Å². The molecule has 0 spiro atoms. The largest absolute Gasteiger partial charge is 0.465 e. The molecule has 0 atom stereocenters. The highest BCUT2D eigenvalue weighted by Crippen LogP contribution is 2.33. The lowest BCUT2D eigenvalue weighted by Crippen LogP contribution is -2.52. The number of rotatable bonds is 9. The number of aromatic nitrogens is 1. The van der Waals surface area contributed by atoms with Crippen LogP contribution >= 0.6 is 11.3 Å². The van der Waals surface area contributed by atoms with Crippen molar-refractivity contribution >= 4 is 40.2 Å². The van der Waals surface area contributed by atoms with Gasteiger partial charge in [-0.3, -0.25) is 15.4 Å². The fourth-order valence-electron chi connectivity index (χ4n) is 3.09. The molecular weight excluding hydrogens is 446 g/mol. The third-order valence-corrected chi connectivity index (χ3v) is 5.53. The lowest BCUT2D eigenvalue weighted by atomic mass is 10.1. The van der Waals surface area contributed by atoms with E-state index >= 15 is 0 Å². The molecule has 0 bridgehead atoms. The van der Waals surface area contributed by atoms with Gasteiger partial charge in [0, 0.05) is 12.6 Å². The second kappa shape index (κ2) is 11.0. The van der Waals surface area contributed by atoms with E-state index in [0.29, 0.717) is 23.7 Å². The zero-order valence-electron chi connectivity index (χ0n) is 17.7. The van der Waals surface area contributed by atoms with E-state index in [4.69, 9.17) is 10.2 Å². The van der Waals surface area contributed by atoms with Crippen molar-refractivity contribution in [1.82, 2.24) is 15.6 Å². The van der Waals surface area contributed by atoms with Crippen molar-refractivity contribution in [1.29, 1.82) is 0 Å². The van der Waals surface area contributed by atoms with Crippen molar-refractivity contribution in [2.24, 2.45) is 0 Å². The average Bonchev–Trinajstić information content (AvgIpc) is 3.15.